The van der Waals surface area contributed by atoms with Crippen molar-refractivity contribution < 1.29 is 5.11 Å². The van der Waals surface area contributed by atoms with Crippen LogP contribution in [0.15, 0.2) is 53.0 Å². The number of hydrogen-bond acceptors (Lipinski definition) is 2. The van der Waals surface area contributed by atoms with Crippen LogP contribution >= 0.6 is 15.9 Å². The molecule has 0 amide bonds. The number of rotatable bonds is 5. The minimum Gasteiger partial charge on any atom is -0.508 e. The molecular weight excluding hydrogens is 302 g/mol. The van der Waals surface area contributed by atoms with Crippen LogP contribution in [0.1, 0.15) is 24.1 Å². The number of nitrogens with one attached hydrogen (secondary N) is 1. The Morgan fingerprint density at radius 2 is 1.89 bits per heavy atom. The van der Waals surface area contributed by atoms with Gasteiger partial charge in [-0.1, -0.05) is 47.1 Å². The largest absolute Gasteiger partial charge is 0.508 e. The molecule has 1 atom stereocenters. The van der Waals surface area contributed by atoms with E-state index in [4.69, 9.17) is 0 Å². The summed E-state index contributed by atoms with van der Waals surface area (Å²) in [5, 5.41) is 12.8. The first-order valence-corrected chi connectivity index (χ1v) is 7.25. The quantitative estimate of drug-likeness (QED) is 0.871. The van der Waals surface area contributed by atoms with Gasteiger partial charge in [0.25, 0.3) is 0 Å². The van der Waals surface area contributed by atoms with E-state index in [-0.39, 0.29) is 6.04 Å². The second-order valence-corrected chi connectivity index (χ2v) is 5.45. The average Bonchev–Trinajstić information content (AvgIpc) is 2.41. The highest BCUT2D eigenvalue weighted by Gasteiger charge is 2.11. The minimum atomic E-state index is 0.284. The number of benzene rings is 2. The van der Waals surface area contributed by atoms with E-state index in [1.165, 1.54) is 11.1 Å². The molecule has 0 bridgehead atoms. The van der Waals surface area contributed by atoms with Crippen molar-refractivity contribution in [3.8, 4) is 5.75 Å². The summed E-state index contributed by atoms with van der Waals surface area (Å²) in [4.78, 5) is 0. The Hall–Kier alpha value is -1.32. The van der Waals surface area contributed by atoms with Crippen molar-refractivity contribution in [1.82, 2.24) is 5.32 Å². The molecule has 0 fully saturated rings. The van der Waals surface area contributed by atoms with E-state index in [2.05, 4.69) is 46.4 Å². The van der Waals surface area contributed by atoms with Crippen molar-refractivity contribution in [2.75, 3.05) is 6.54 Å². The second-order valence-electron chi connectivity index (χ2n) is 4.54. The van der Waals surface area contributed by atoms with Crippen LogP contribution < -0.4 is 5.32 Å². The highest BCUT2D eigenvalue weighted by molar-refractivity contribution is 9.10. The first kappa shape index (κ1) is 14.1. The Morgan fingerprint density at radius 1 is 1.16 bits per heavy atom. The van der Waals surface area contributed by atoms with Crippen molar-refractivity contribution in [3.63, 3.8) is 0 Å². The zero-order valence-electron chi connectivity index (χ0n) is 10.9. The van der Waals surface area contributed by atoms with Crippen LogP contribution in [-0.4, -0.2) is 11.7 Å². The molecule has 2 nitrogen and oxygen atoms in total. The highest BCUT2D eigenvalue weighted by atomic mass is 79.9. The molecule has 1 unspecified atom stereocenters. The summed E-state index contributed by atoms with van der Waals surface area (Å²) in [7, 11) is 0. The molecule has 0 spiro atoms. The van der Waals surface area contributed by atoms with E-state index >= 15 is 0 Å². The van der Waals surface area contributed by atoms with Crippen LogP contribution in [0.25, 0.3) is 0 Å². The predicted molar refractivity (Wildman–Crippen MR) is 82.4 cm³/mol. The molecule has 2 rings (SSSR count). The Labute approximate surface area is 122 Å². The van der Waals surface area contributed by atoms with Gasteiger partial charge in [-0.15, -0.1) is 0 Å². The van der Waals surface area contributed by atoms with Gasteiger partial charge < -0.3 is 10.4 Å². The number of halogens is 1. The van der Waals surface area contributed by atoms with E-state index in [1.54, 1.807) is 12.1 Å². The summed E-state index contributed by atoms with van der Waals surface area (Å²) in [6.45, 7) is 3.04. The summed E-state index contributed by atoms with van der Waals surface area (Å²) in [5.41, 5.74) is 2.48. The van der Waals surface area contributed by atoms with E-state index in [9.17, 15) is 5.11 Å². The highest BCUT2D eigenvalue weighted by Crippen LogP contribution is 2.22. The Bertz CT molecular complexity index is 525. The number of phenols is 1. The molecule has 2 aromatic carbocycles. The van der Waals surface area contributed by atoms with E-state index < -0.39 is 0 Å². The molecule has 0 aliphatic carbocycles. The molecule has 0 saturated carbocycles. The van der Waals surface area contributed by atoms with Gasteiger partial charge >= 0.3 is 0 Å². The molecule has 0 radical (unpaired) electrons. The molecule has 0 aromatic heterocycles. The number of phenolic OH excluding ortho intramolecular Hbond substituents is 1. The normalized spacial score (nSPS) is 12.3. The standard InChI is InChI=1S/C16H18BrNO/c1-2-18-16(13-4-3-5-14(17)11-13)10-12-6-8-15(19)9-7-12/h3-9,11,16,18-19H,2,10H2,1H3. The molecule has 3 heteroatoms. The van der Waals surface area contributed by atoms with Gasteiger partial charge in [0.05, 0.1) is 0 Å². The van der Waals surface area contributed by atoms with Crippen molar-refractivity contribution in [1.29, 1.82) is 0 Å². The topological polar surface area (TPSA) is 32.3 Å². The van der Waals surface area contributed by atoms with Crippen LogP contribution in [0.4, 0.5) is 0 Å². The zero-order valence-corrected chi connectivity index (χ0v) is 12.5. The van der Waals surface area contributed by atoms with Crippen molar-refractivity contribution >= 4 is 15.9 Å². The Balaban J connectivity index is 2.18. The average molecular weight is 320 g/mol. The van der Waals surface area contributed by atoms with Crippen LogP contribution in [0, 0.1) is 0 Å². The van der Waals surface area contributed by atoms with Gasteiger partial charge in [-0.05, 0) is 48.4 Å². The molecular formula is C16H18BrNO. The molecule has 0 aliphatic rings. The van der Waals surface area contributed by atoms with E-state index in [1.807, 2.05) is 18.2 Å². The maximum Gasteiger partial charge on any atom is 0.115 e. The summed E-state index contributed by atoms with van der Waals surface area (Å²) < 4.78 is 1.10. The van der Waals surface area contributed by atoms with Crippen LogP contribution in [-0.2, 0) is 6.42 Å². The smallest absolute Gasteiger partial charge is 0.115 e. The minimum absolute atomic E-state index is 0.284. The lowest BCUT2D eigenvalue weighted by atomic mass is 9.99. The fourth-order valence-electron chi connectivity index (χ4n) is 2.15. The predicted octanol–water partition coefficient (Wildman–Crippen LogP) is 4.05. The number of hydrogen-bond donors (Lipinski definition) is 2. The van der Waals surface area contributed by atoms with E-state index in [0.717, 1.165) is 17.4 Å². The lowest BCUT2D eigenvalue weighted by Crippen LogP contribution is -2.22. The van der Waals surface area contributed by atoms with Gasteiger partial charge in [-0.3, -0.25) is 0 Å². The maximum absolute atomic E-state index is 9.33. The van der Waals surface area contributed by atoms with Gasteiger partial charge in [0.2, 0.25) is 0 Å². The molecule has 0 aliphatic heterocycles. The summed E-state index contributed by atoms with van der Waals surface area (Å²) >= 11 is 3.52. The third kappa shape index (κ3) is 4.08. The summed E-state index contributed by atoms with van der Waals surface area (Å²) in [6, 6.07) is 16.1. The first-order chi connectivity index (χ1) is 9.19. The van der Waals surface area contributed by atoms with Gasteiger partial charge in [0.1, 0.15) is 5.75 Å². The summed E-state index contributed by atoms with van der Waals surface area (Å²) in [6.07, 6.45) is 0.907. The van der Waals surface area contributed by atoms with Gasteiger partial charge in [0.15, 0.2) is 0 Å². The molecule has 0 heterocycles. The van der Waals surface area contributed by atoms with Gasteiger partial charge in [0, 0.05) is 10.5 Å². The Morgan fingerprint density at radius 3 is 2.53 bits per heavy atom. The van der Waals surface area contributed by atoms with Crippen LogP contribution in [0.3, 0.4) is 0 Å². The van der Waals surface area contributed by atoms with Crippen LogP contribution in [0.5, 0.6) is 5.75 Å². The van der Waals surface area contributed by atoms with Crippen molar-refractivity contribution in [2.24, 2.45) is 0 Å². The molecule has 0 saturated heterocycles. The third-order valence-electron chi connectivity index (χ3n) is 3.08. The SMILES string of the molecule is CCNC(Cc1ccc(O)cc1)c1cccc(Br)c1. The Kier molecular flexibility index (Phi) is 5.00. The zero-order chi connectivity index (χ0) is 13.7. The van der Waals surface area contributed by atoms with Crippen LogP contribution in [0.2, 0.25) is 0 Å². The maximum atomic E-state index is 9.33. The molecule has 19 heavy (non-hydrogen) atoms. The number of likely N-dealkylation sites (N-methyl/N-ethyl adjacent to an activating group) is 1. The second kappa shape index (κ2) is 6.73. The molecule has 2 aromatic rings. The van der Waals surface area contributed by atoms with Crippen molar-refractivity contribution in [3.05, 3.63) is 64.1 Å². The fourth-order valence-corrected chi connectivity index (χ4v) is 2.56. The molecule has 2 N–H and O–H groups in total. The van der Waals surface area contributed by atoms with Gasteiger partial charge in [-0.2, -0.15) is 0 Å². The lowest BCUT2D eigenvalue weighted by Gasteiger charge is -2.19. The number of aromatic hydroxyl groups is 1. The first-order valence-electron chi connectivity index (χ1n) is 6.46. The lowest BCUT2D eigenvalue weighted by molar-refractivity contribution is 0.474. The van der Waals surface area contributed by atoms with Gasteiger partial charge in [-0.25, -0.2) is 0 Å². The third-order valence-corrected chi connectivity index (χ3v) is 3.57. The van der Waals surface area contributed by atoms with Crippen molar-refractivity contribution in [2.45, 2.75) is 19.4 Å². The monoisotopic (exact) mass is 319 g/mol. The van der Waals surface area contributed by atoms with E-state index in [0.29, 0.717) is 5.75 Å². The summed E-state index contributed by atoms with van der Waals surface area (Å²) in [5.74, 6) is 0.311. The molecule has 100 valence electrons. The fraction of sp³-hybridized carbons (Fsp3) is 0.250.